The van der Waals surface area contributed by atoms with Gasteiger partial charge in [0.1, 0.15) is 0 Å². The first-order valence-electron chi connectivity index (χ1n) is 5.84. The molecule has 1 atom stereocenters. The summed E-state index contributed by atoms with van der Waals surface area (Å²) in [5.41, 5.74) is 6.03. The molecular formula is C12H21N3O2S. The number of nitrogen functional groups attached to an aromatic ring is 1. The Kier molecular flexibility index (Phi) is 5.13. The highest BCUT2D eigenvalue weighted by molar-refractivity contribution is 7.89. The molecule has 1 aromatic carbocycles. The van der Waals surface area contributed by atoms with Gasteiger partial charge in [0.15, 0.2) is 0 Å². The van der Waals surface area contributed by atoms with E-state index in [-0.39, 0.29) is 10.9 Å². The van der Waals surface area contributed by atoms with Crippen molar-refractivity contribution in [1.82, 2.24) is 9.62 Å². The van der Waals surface area contributed by atoms with Gasteiger partial charge in [-0.15, -0.1) is 0 Å². The van der Waals surface area contributed by atoms with E-state index >= 15 is 0 Å². The second-order valence-electron chi connectivity index (χ2n) is 4.69. The van der Waals surface area contributed by atoms with Crippen molar-refractivity contribution in [2.45, 2.75) is 24.3 Å². The summed E-state index contributed by atoms with van der Waals surface area (Å²) < 4.78 is 26.8. The zero-order valence-electron chi connectivity index (χ0n) is 11.1. The average molecular weight is 271 g/mol. The van der Waals surface area contributed by atoms with Crippen LogP contribution in [0.5, 0.6) is 0 Å². The summed E-state index contributed by atoms with van der Waals surface area (Å²) in [5, 5.41) is 0. The number of hydrogen-bond acceptors (Lipinski definition) is 4. The lowest BCUT2D eigenvalue weighted by Gasteiger charge is -2.17. The zero-order chi connectivity index (χ0) is 13.8. The molecule has 0 amide bonds. The van der Waals surface area contributed by atoms with Gasteiger partial charge in [-0.05, 0) is 52.2 Å². The Labute approximate surface area is 109 Å². The smallest absolute Gasteiger partial charge is 0.240 e. The van der Waals surface area contributed by atoms with E-state index in [1.165, 1.54) is 12.1 Å². The van der Waals surface area contributed by atoms with E-state index in [9.17, 15) is 8.42 Å². The van der Waals surface area contributed by atoms with Crippen LogP contribution in [0.1, 0.15) is 13.3 Å². The van der Waals surface area contributed by atoms with E-state index in [4.69, 9.17) is 5.73 Å². The van der Waals surface area contributed by atoms with Crippen LogP contribution in [0.25, 0.3) is 0 Å². The van der Waals surface area contributed by atoms with Gasteiger partial charge < -0.3 is 10.6 Å². The van der Waals surface area contributed by atoms with Crippen LogP contribution in [0, 0.1) is 0 Å². The Morgan fingerprint density at radius 3 is 2.61 bits per heavy atom. The van der Waals surface area contributed by atoms with Crippen LogP contribution in [0.15, 0.2) is 29.2 Å². The van der Waals surface area contributed by atoms with Gasteiger partial charge in [-0.2, -0.15) is 0 Å². The summed E-state index contributed by atoms with van der Waals surface area (Å²) >= 11 is 0. The van der Waals surface area contributed by atoms with Crippen LogP contribution in [0.3, 0.4) is 0 Å². The van der Waals surface area contributed by atoms with E-state index in [2.05, 4.69) is 4.72 Å². The SMILES string of the molecule is CC(CCN(C)C)NS(=O)(=O)c1cccc(N)c1. The predicted molar refractivity (Wildman–Crippen MR) is 73.8 cm³/mol. The van der Waals surface area contributed by atoms with Crippen molar-refractivity contribution in [2.75, 3.05) is 26.4 Å². The topological polar surface area (TPSA) is 75.4 Å². The number of anilines is 1. The normalized spacial score (nSPS) is 13.8. The van der Waals surface area contributed by atoms with Crippen molar-refractivity contribution >= 4 is 15.7 Å². The Bertz CT molecular complexity index is 486. The Hall–Kier alpha value is -1.11. The van der Waals surface area contributed by atoms with E-state index in [1.807, 2.05) is 25.9 Å². The molecule has 1 unspecified atom stereocenters. The quantitative estimate of drug-likeness (QED) is 0.753. The summed E-state index contributed by atoms with van der Waals surface area (Å²) in [4.78, 5) is 2.23. The Balaban J connectivity index is 2.70. The first-order valence-corrected chi connectivity index (χ1v) is 7.32. The summed E-state index contributed by atoms with van der Waals surface area (Å²) in [6.07, 6.45) is 0.758. The molecule has 0 spiro atoms. The molecule has 1 rings (SSSR count). The van der Waals surface area contributed by atoms with Crippen molar-refractivity contribution in [1.29, 1.82) is 0 Å². The minimum atomic E-state index is -3.48. The van der Waals surface area contributed by atoms with Crippen LogP contribution in [-0.2, 0) is 10.0 Å². The maximum absolute atomic E-state index is 12.1. The second-order valence-corrected chi connectivity index (χ2v) is 6.40. The van der Waals surface area contributed by atoms with E-state index in [0.29, 0.717) is 5.69 Å². The largest absolute Gasteiger partial charge is 0.399 e. The molecular weight excluding hydrogens is 250 g/mol. The fourth-order valence-electron chi connectivity index (χ4n) is 1.53. The van der Waals surface area contributed by atoms with Crippen molar-refractivity contribution in [3.8, 4) is 0 Å². The summed E-state index contributed by atoms with van der Waals surface area (Å²) in [5.74, 6) is 0. The highest BCUT2D eigenvalue weighted by Crippen LogP contribution is 2.13. The molecule has 18 heavy (non-hydrogen) atoms. The van der Waals surface area contributed by atoms with E-state index in [0.717, 1.165) is 13.0 Å². The van der Waals surface area contributed by atoms with Gasteiger partial charge in [-0.1, -0.05) is 6.07 Å². The minimum absolute atomic E-state index is 0.112. The molecule has 0 radical (unpaired) electrons. The second kappa shape index (κ2) is 6.17. The third kappa shape index (κ3) is 4.64. The summed E-state index contributed by atoms with van der Waals surface area (Å²) in [6, 6.07) is 6.18. The molecule has 0 heterocycles. The highest BCUT2D eigenvalue weighted by atomic mass is 32.2. The molecule has 0 aromatic heterocycles. The van der Waals surface area contributed by atoms with Gasteiger partial charge in [0.2, 0.25) is 10.0 Å². The lowest BCUT2D eigenvalue weighted by molar-refractivity contribution is 0.379. The van der Waals surface area contributed by atoms with Crippen LogP contribution in [-0.4, -0.2) is 40.0 Å². The van der Waals surface area contributed by atoms with Crippen molar-refractivity contribution in [3.05, 3.63) is 24.3 Å². The molecule has 6 heteroatoms. The first-order chi connectivity index (χ1) is 8.31. The van der Waals surface area contributed by atoms with Gasteiger partial charge in [0, 0.05) is 11.7 Å². The molecule has 0 bridgehead atoms. The fourth-order valence-corrected chi connectivity index (χ4v) is 2.86. The first kappa shape index (κ1) is 14.9. The van der Waals surface area contributed by atoms with Gasteiger partial charge >= 0.3 is 0 Å². The van der Waals surface area contributed by atoms with Gasteiger partial charge in [0.25, 0.3) is 0 Å². The summed E-state index contributed by atoms with van der Waals surface area (Å²) in [6.45, 7) is 2.69. The number of benzene rings is 1. The molecule has 102 valence electrons. The van der Waals surface area contributed by atoms with Crippen LogP contribution in [0.2, 0.25) is 0 Å². The van der Waals surface area contributed by atoms with Gasteiger partial charge in [0.05, 0.1) is 4.90 Å². The monoisotopic (exact) mass is 271 g/mol. The van der Waals surface area contributed by atoms with Crippen molar-refractivity contribution in [2.24, 2.45) is 0 Å². The maximum atomic E-state index is 12.1. The number of sulfonamides is 1. The lowest BCUT2D eigenvalue weighted by Crippen LogP contribution is -2.34. The molecule has 0 fully saturated rings. The molecule has 0 aliphatic rings. The highest BCUT2D eigenvalue weighted by Gasteiger charge is 2.17. The molecule has 0 aliphatic heterocycles. The van der Waals surface area contributed by atoms with Crippen molar-refractivity contribution < 1.29 is 8.42 Å². The number of nitrogens with zero attached hydrogens (tertiary/aromatic N) is 1. The number of rotatable bonds is 6. The summed E-state index contributed by atoms with van der Waals surface area (Å²) in [7, 11) is 0.436. The van der Waals surface area contributed by atoms with Gasteiger partial charge in [-0.25, -0.2) is 13.1 Å². The molecule has 3 N–H and O–H groups in total. The third-order valence-electron chi connectivity index (χ3n) is 2.53. The fraction of sp³-hybridized carbons (Fsp3) is 0.500. The predicted octanol–water partition coefficient (Wildman–Crippen LogP) is 0.887. The molecule has 0 saturated heterocycles. The van der Waals surface area contributed by atoms with Crippen LogP contribution in [0.4, 0.5) is 5.69 Å². The third-order valence-corrected chi connectivity index (χ3v) is 4.12. The van der Waals surface area contributed by atoms with E-state index < -0.39 is 10.0 Å². The standard InChI is InChI=1S/C12H21N3O2S/c1-10(7-8-15(2)3)14-18(16,17)12-6-4-5-11(13)9-12/h4-6,9-10,14H,7-8,13H2,1-3H3. The van der Waals surface area contributed by atoms with E-state index in [1.54, 1.807) is 12.1 Å². The minimum Gasteiger partial charge on any atom is -0.399 e. The lowest BCUT2D eigenvalue weighted by atomic mass is 10.2. The average Bonchev–Trinajstić information content (AvgIpc) is 2.26. The molecule has 1 aromatic rings. The van der Waals surface area contributed by atoms with Crippen LogP contribution >= 0.6 is 0 Å². The van der Waals surface area contributed by atoms with Crippen molar-refractivity contribution in [3.63, 3.8) is 0 Å². The molecule has 0 aliphatic carbocycles. The Morgan fingerprint density at radius 1 is 1.39 bits per heavy atom. The number of hydrogen-bond donors (Lipinski definition) is 2. The molecule has 5 nitrogen and oxygen atoms in total. The number of nitrogens with two attached hydrogens (primary N) is 1. The van der Waals surface area contributed by atoms with Crippen LogP contribution < -0.4 is 10.5 Å². The number of nitrogens with one attached hydrogen (secondary N) is 1. The van der Waals surface area contributed by atoms with Gasteiger partial charge in [-0.3, -0.25) is 0 Å². The Morgan fingerprint density at radius 2 is 2.06 bits per heavy atom. The maximum Gasteiger partial charge on any atom is 0.240 e. The molecule has 0 saturated carbocycles. The zero-order valence-corrected chi connectivity index (χ0v) is 11.9.